The van der Waals surface area contributed by atoms with E-state index in [-0.39, 0.29) is 17.9 Å². The van der Waals surface area contributed by atoms with E-state index in [4.69, 9.17) is 4.74 Å². The first kappa shape index (κ1) is 19.9. The molecule has 0 atom stereocenters. The van der Waals surface area contributed by atoms with Gasteiger partial charge in [0.2, 0.25) is 5.91 Å². The van der Waals surface area contributed by atoms with Crippen LogP contribution in [0.25, 0.3) is 0 Å². The number of amides is 3. The third-order valence-electron chi connectivity index (χ3n) is 6.34. The fourth-order valence-electron chi connectivity index (χ4n) is 5.56. The van der Waals surface area contributed by atoms with Crippen LogP contribution < -0.4 is 16.2 Å². The summed E-state index contributed by atoms with van der Waals surface area (Å²) in [7, 11) is 0. The molecule has 4 saturated carbocycles. The number of hydrogen-bond acceptors (Lipinski definition) is 6. The minimum atomic E-state index is -0.678. The zero-order valence-corrected chi connectivity index (χ0v) is 16.9. The minimum absolute atomic E-state index is 0.0544. The number of carbonyl (C=O) groups excluding carboxylic acids is 4. The summed E-state index contributed by atoms with van der Waals surface area (Å²) in [6.45, 7) is -0.786. The summed E-state index contributed by atoms with van der Waals surface area (Å²) in [6.07, 6.45) is 6.50. The first-order chi connectivity index (χ1) is 13.9. The Morgan fingerprint density at radius 2 is 1.69 bits per heavy atom. The number of carbonyl (C=O) groups is 4. The summed E-state index contributed by atoms with van der Waals surface area (Å²) in [5.41, 5.74) is 4.11. The van der Waals surface area contributed by atoms with Crippen LogP contribution in [-0.2, 0) is 19.1 Å². The molecule has 4 fully saturated rings. The van der Waals surface area contributed by atoms with Crippen LogP contribution in [0.2, 0.25) is 0 Å². The van der Waals surface area contributed by atoms with Crippen LogP contribution in [0, 0.1) is 23.2 Å². The second-order valence-corrected chi connectivity index (χ2v) is 9.47. The van der Waals surface area contributed by atoms with Crippen molar-refractivity contribution in [1.29, 1.82) is 0 Å². The molecule has 156 valence electrons. The van der Waals surface area contributed by atoms with Crippen molar-refractivity contribution in [3.05, 3.63) is 22.4 Å². The molecule has 0 radical (unpaired) electrons. The Labute approximate surface area is 172 Å². The number of rotatable bonds is 6. The summed E-state index contributed by atoms with van der Waals surface area (Å²) in [4.78, 5) is 48.6. The third-order valence-corrected chi connectivity index (χ3v) is 7.21. The van der Waals surface area contributed by atoms with Crippen molar-refractivity contribution < 1.29 is 23.9 Å². The van der Waals surface area contributed by atoms with Gasteiger partial charge in [0, 0.05) is 5.41 Å². The standard InChI is InChI=1S/C20H25N3O5S/c24-16(22-23-18(26)15-2-1-3-29-15)11-28-17(25)10-21-19(27)20-7-12-4-13(8-20)6-14(5-12)9-20/h1-3,12-14H,4-11H2,(H,21,27)(H,22,24)(H,23,26). The van der Waals surface area contributed by atoms with E-state index in [9.17, 15) is 19.2 Å². The van der Waals surface area contributed by atoms with Gasteiger partial charge in [0.15, 0.2) is 6.61 Å². The average molecular weight is 420 g/mol. The topological polar surface area (TPSA) is 114 Å². The van der Waals surface area contributed by atoms with Gasteiger partial charge >= 0.3 is 5.97 Å². The molecule has 1 heterocycles. The van der Waals surface area contributed by atoms with Crippen molar-refractivity contribution in [2.45, 2.75) is 38.5 Å². The van der Waals surface area contributed by atoms with Gasteiger partial charge in [-0.1, -0.05) is 6.07 Å². The number of hydrogen-bond donors (Lipinski definition) is 3. The van der Waals surface area contributed by atoms with Gasteiger partial charge in [-0.25, -0.2) is 0 Å². The number of esters is 1. The van der Waals surface area contributed by atoms with Crippen molar-refractivity contribution in [2.24, 2.45) is 23.2 Å². The average Bonchev–Trinajstić information content (AvgIpc) is 3.22. The highest BCUT2D eigenvalue weighted by atomic mass is 32.1. The summed E-state index contributed by atoms with van der Waals surface area (Å²) in [5.74, 6) is 0.105. The van der Waals surface area contributed by atoms with Crippen LogP contribution in [0.4, 0.5) is 0 Å². The smallest absolute Gasteiger partial charge is 0.325 e. The summed E-state index contributed by atoms with van der Waals surface area (Å²) < 4.78 is 4.88. The highest BCUT2D eigenvalue weighted by molar-refractivity contribution is 7.12. The number of hydrazine groups is 1. The van der Waals surface area contributed by atoms with Gasteiger partial charge in [-0.15, -0.1) is 11.3 Å². The van der Waals surface area contributed by atoms with Crippen LogP contribution in [0.15, 0.2) is 17.5 Å². The van der Waals surface area contributed by atoms with Gasteiger partial charge in [0.05, 0.1) is 4.88 Å². The van der Waals surface area contributed by atoms with Crippen LogP contribution in [0.5, 0.6) is 0 Å². The first-order valence-corrected chi connectivity index (χ1v) is 10.9. The first-order valence-electron chi connectivity index (χ1n) is 10.0. The molecular weight excluding hydrogens is 394 g/mol. The van der Waals surface area contributed by atoms with E-state index >= 15 is 0 Å². The van der Waals surface area contributed by atoms with Crippen LogP contribution in [0.3, 0.4) is 0 Å². The van der Waals surface area contributed by atoms with E-state index in [0.717, 1.165) is 19.3 Å². The number of nitrogens with one attached hydrogen (secondary N) is 3. The molecule has 0 unspecified atom stereocenters. The van der Waals surface area contributed by atoms with E-state index in [0.29, 0.717) is 22.6 Å². The Bertz CT molecular complexity index is 772. The van der Waals surface area contributed by atoms with E-state index in [1.807, 2.05) is 0 Å². The predicted octanol–water partition coefficient (Wildman–Crippen LogP) is 1.38. The second kappa shape index (κ2) is 8.14. The molecular formula is C20H25N3O5S. The fraction of sp³-hybridized carbons (Fsp3) is 0.600. The highest BCUT2D eigenvalue weighted by Gasteiger charge is 2.54. The molecule has 3 N–H and O–H groups in total. The summed E-state index contributed by atoms with van der Waals surface area (Å²) in [5, 5.41) is 4.46. The largest absolute Gasteiger partial charge is 0.454 e. The molecule has 0 spiro atoms. The molecule has 4 aliphatic carbocycles. The number of thiophene rings is 1. The Morgan fingerprint density at radius 3 is 2.28 bits per heavy atom. The Kier molecular flexibility index (Phi) is 5.58. The Morgan fingerprint density at radius 1 is 1.03 bits per heavy atom. The normalized spacial score (nSPS) is 29.2. The maximum Gasteiger partial charge on any atom is 0.325 e. The van der Waals surface area contributed by atoms with Gasteiger partial charge in [-0.2, -0.15) is 0 Å². The summed E-state index contributed by atoms with van der Waals surface area (Å²) in [6, 6.07) is 3.35. The van der Waals surface area contributed by atoms with Crippen molar-refractivity contribution in [3.63, 3.8) is 0 Å². The molecule has 29 heavy (non-hydrogen) atoms. The minimum Gasteiger partial charge on any atom is -0.454 e. The monoisotopic (exact) mass is 419 g/mol. The van der Waals surface area contributed by atoms with E-state index in [2.05, 4.69) is 16.2 Å². The van der Waals surface area contributed by atoms with Crippen molar-refractivity contribution in [2.75, 3.05) is 13.2 Å². The molecule has 0 aliphatic heterocycles. The second-order valence-electron chi connectivity index (χ2n) is 8.52. The molecule has 5 rings (SSSR count). The molecule has 1 aromatic heterocycles. The molecule has 0 aromatic carbocycles. The zero-order valence-electron chi connectivity index (χ0n) is 16.1. The van der Waals surface area contributed by atoms with Gasteiger partial charge in [-0.3, -0.25) is 30.0 Å². The Hall–Kier alpha value is -2.42. The zero-order chi connectivity index (χ0) is 20.4. The van der Waals surface area contributed by atoms with E-state index in [1.165, 1.54) is 30.6 Å². The maximum atomic E-state index is 12.8. The summed E-state index contributed by atoms with van der Waals surface area (Å²) >= 11 is 1.24. The molecule has 4 bridgehead atoms. The predicted molar refractivity (Wildman–Crippen MR) is 105 cm³/mol. The van der Waals surface area contributed by atoms with Crippen molar-refractivity contribution >= 4 is 35.0 Å². The quantitative estimate of drug-likeness (QED) is 0.476. The maximum absolute atomic E-state index is 12.8. The molecule has 0 saturated heterocycles. The lowest BCUT2D eigenvalue weighted by Crippen LogP contribution is -2.54. The van der Waals surface area contributed by atoms with Gasteiger partial charge < -0.3 is 10.1 Å². The number of ether oxygens (including phenoxy) is 1. The molecule has 4 aliphatic rings. The van der Waals surface area contributed by atoms with Crippen LogP contribution >= 0.6 is 11.3 Å². The molecule has 8 nitrogen and oxygen atoms in total. The fourth-order valence-corrected chi connectivity index (χ4v) is 6.18. The van der Waals surface area contributed by atoms with Gasteiger partial charge in [-0.05, 0) is 67.7 Å². The van der Waals surface area contributed by atoms with Crippen LogP contribution in [0.1, 0.15) is 48.2 Å². The lowest BCUT2D eigenvalue weighted by Gasteiger charge is -2.55. The van der Waals surface area contributed by atoms with E-state index in [1.54, 1.807) is 17.5 Å². The molecule has 9 heteroatoms. The lowest BCUT2D eigenvalue weighted by molar-refractivity contribution is -0.152. The SMILES string of the molecule is O=C(COC(=O)CNC(=O)C12CC3CC(CC(C3)C1)C2)NNC(=O)c1cccs1. The molecule has 3 amide bonds. The lowest BCUT2D eigenvalue weighted by atomic mass is 9.49. The highest BCUT2D eigenvalue weighted by Crippen LogP contribution is 2.60. The third kappa shape index (κ3) is 4.44. The van der Waals surface area contributed by atoms with Crippen molar-refractivity contribution in [3.8, 4) is 0 Å². The van der Waals surface area contributed by atoms with Crippen molar-refractivity contribution in [1.82, 2.24) is 16.2 Å². The van der Waals surface area contributed by atoms with Crippen LogP contribution in [-0.4, -0.2) is 36.8 Å². The van der Waals surface area contributed by atoms with Gasteiger partial charge in [0.1, 0.15) is 6.54 Å². The van der Waals surface area contributed by atoms with Gasteiger partial charge in [0.25, 0.3) is 11.8 Å². The Balaban J connectivity index is 1.16. The van der Waals surface area contributed by atoms with E-state index < -0.39 is 24.4 Å². The molecule has 1 aromatic rings.